The first-order valence-corrected chi connectivity index (χ1v) is 14.1. The third-order valence-electron chi connectivity index (χ3n) is 5.87. The lowest BCUT2D eigenvalue weighted by molar-refractivity contribution is -0.153. The second kappa shape index (κ2) is 14.7. The third-order valence-corrected chi connectivity index (χ3v) is 5.87. The van der Waals surface area contributed by atoms with E-state index >= 15 is 0 Å². The molecule has 0 aromatic carbocycles. The van der Waals surface area contributed by atoms with Crippen molar-refractivity contribution in [3.05, 3.63) is 24.5 Å². The summed E-state index contributed by atoms with van der Waals surface area (Å²) in [7, 11) is 0. The Hall–Kier alpha value is -5.96. The molecule has 8 N–H and O–H groups in total. The molecule has 2 atom stereocenters. The Morgan fingerprint density at radius 3 is 1.54 bits per heavy atom. The van der Waals surface area contributed by atoms with Crippen LogP contribution in [0.3, 0.4) is 0 Å². The van der Waals surface area contributed by atoms with E-state index < -0.39 is 23.6 Å². The molecule has 22 heteroatoms. The van der Waals surface area contributed by atoms with Gasteiger partial charge in [0.2, 0.25) is 0 Å². The van der Waals surface area contributed by atoms with Crippen molar-refractivity contribution in [2.75, 3.05) is 0 Å². The van der Waals surface area contributed by atoms with Gasteiger partial charge >= 0.3 is 23.6 Å². The lowest BCUT2D eigenvalue weighted by Gasteiger charge is -2.15. The predicted octanol–water partition coefficient (Wildman–Crippen LogP) is 0.439. The Bertz CT molecular complexity index is 1510. The number of aliphatic imine (C=N–C) groups is 4. The highest BCUT2D eigenvalue weighted by atomic mass is 16.6. The fourth-order valence-electron chi connectivity index (χ4n) is 3.98. The van der Waals surface area contributed by atoms with E-state index in [1.165, 1.54) is 35.8 Å². The van der Waals surface area contributed by atoms with Gasteiger partial charge in [-0.2, -0.15) is 29.8 Å². The molecule has 2 aliphatic rings. The van der Waals surface area contributed by atoms with Crippen LogP contribution in [0, 0.1) is 0 Å². The van der Waals surface area contributed by atoms with Crippen LogP contribution < -0.4 is 22.9 Å². The molecule has 0 spiro atoms. The molecule has 0 fully saturated rings. The van der Waals surface area contributed by atoms with Crippen molar-refractivity contribution in [3.8, 4) is 0 Å². The molecule has 0 amide bonds. The molecule has 0 aliphatic carbocycles. The molecule has 0 saturated carbocycles. The molecule has 46 heavy (non-hydrogen) atoms. The molecule has 0 bridgehead atoms. The van der Waals surface area contributed by atoms with Crippen molar-refractivity contribution in [1.82, 2.24) is 30.0 Å². The van der Waals surface area contributed by atoms with Gasteiger partial charge in [0.05, 0.1) is 25.5 Å². The van der Waals surface area contributed by atoms with Gasteiger partial charge in [-0.1, -0.05) is 0 Å². The van der Waals surface area contributed by atoms with E-state index in [1.54, 1.807) is 0 Å². The first-order chi connectivity index (χ1) is 21.9. The largest absolute Gasteiger partial charge is 0.412 e. The molecule has 2 aromatic rings. The number of carbonyl (C=O) groups excluding carboxylic acids is 2. The molecular formula is C24H34N18O4. The number of unbranched alkanes of at least 4 members (excludes halogenated alkanes) is 2. The number of hydrogen-bond acceptors (Lipinski definition) is 16. The maximum Gasteiger partial charge on any atom is 0.334 e. The second-order valence-corrected chi connectivity index (χ2v) is 10.1. The zero-order valence-electron chi connectivity index (χ0n) is 25.2. The van der Waals surface area contributed by atoms with E-state index in [9.17, 15) is 9.59 Å². The van der Waals surface area contributed by atoms with Crippen LogP contribution >= 0.6 is 0 Å². The maximum atomic E-state index is 12.3. The quantitative estimate of drug-likeness (QED) is 0.0639. The summed E-state index contributed by atoms with van der Waals surface area (Å²) in [6.45, 7) is 4.00. The van der Waals surface area contributed by atoms with Gasteiger partial charge < -0.3 is 32.4 Å². The van der Waals surface area contributed by atoms with Gasteiger partial charge in [0.15, 0.2) is 35.2 Å². The number of esters is 2. The van der Waals surface area contributed by atoms with Crippen LogP contribution in [0.15, 0.2) is 65.0 Å². The first kappa shape index (κ1) is 32.9. The van der Waals surface area contributed by atoms with Gasteiger partial charge in [-0.05, 0) is 25.7 Å². The average Bonchev–Trinajstić information content (AvgIpc) is 3.76. The lowest BCUT2D eigenvalue weighted by atomic mass is 10.2. The fourth-order valence-corrected chi connectivity index (χ4v) is 3.98. The van der Waals surface area contributed by atoms with Crippen molar-refractivity contribution in [2.24, 2.45) is 63.4 Å². The van der Waals surface area contributed by atoms with E-state index in [0.29, 0.717) is 74.9 Å². The molecule has 0 radical (unpaired) electrons. The highest BCUT2D eigenvalue weighted by molar-refractivity contribution is 5.92. The molecular weight excluding hydrogens is 604 g/mol. The number of aryl methyl sites for hydroxylation is 2. The maximum absolute atomic E-state index is 12.3. The number of aromatic nitrogens is 6. The van der Waals surface area contributed by atoms with Crippen molar-refractivity contribution >= 4 is 47.2 Å². The van der Waals surface area contributed by atoms with Crippen LogP contribution in [0.1, 0.15) is 52.4 Å². The van der Waals surface area contributed by atoms with Crippen LogP contribution in [-0.2, 0) is 32.2 Å². The zero-order chi connectivity index (χ0) is 33.2. The van der Waals surface area contributed by atoms with Crippen LogP contribution in [0.5, 0.6) is 0 Å². The number of nitrogens with zero attached hydrogens (tertiary/aromatic N) is 14. The average molecular weight is 639 g/mol. The Morgan fingerprint density at radius 2 is 1.15 bits per heavy atom. The number of guanidine groups is 2. The second-order valence-electron chi connectivity index (χ2n) is 10.1. The summed E-state index contributed by atoms with van der Waals surface area (Å²) in [5.74, 6) is -3.58. The predicted molar refractivity (Wildman–Crippen MR) is 161 cm³/mol. The summed E-state index contributed by atoms with van der Waals surface area (Å²) >= 11 is 0. The topological polar surface area (TPSA) is 317 Å². The van der Waals surface area contributed by atoms with E-state index in [0.717, 1.165) is 12.2 Å². The van der Waals surface area contributed by atoms with E-state index in [4.69, 9.17) is 32.4 Å². The normalized spacial score (nSPS) is 20.0. The SMILES string of the molecule is CC1(OC(=O)/C=C/C(=O)OC2(C)N=NC(CCCCn3ncc(N=C(N)N)n3)=N2)N=NC(CCCCn2ncc(N=C(N)N)n2)=N1. The summed E-state index contributed by atoms with van der Waals surface area (Å²) in [6.07, 6.45) is 8.47. The number of carbonyl (C=O) groups is 2. The molecule has 2 aromatic heterocycles. The Labute approximate surface area is 261 Å². The van der Waals surface area contributed by atoms with Gasteiger partial charge in [-0.25, -0.2) is 19.6 Å². The first-order valence-electron chi connectivity index (χ1n) is 14.1. The number of ether oxygens (including phenoxy) is 2. The van der Waals surface area contributed by atoms with Gasteiger partial charge in [0.25, 0.3) is 0 Å². The molecule has 22 nitrogen and oxygen atoms in total. The van der Waals surface area contributed by atoms with E-state index in [1.807, 2.05) is 0 Å². The highest BCUT2D eigenvalue weighted by Gasteiger charge is 2.33. The van der Waals surface area contributed by atoms with E-state index in [-0.39, 0.29) is 11.9 Å². The molecule has 0 saturated heterocycles. The minimum atomic E-state index is -1.55. The molecule has 2 aliphatic heterocycles. The monoisotopic (exact) mass is 638 g/mol. The molecule has 2 unspecified atom stereocenters. The van der Waals surface area contributed by atoms with Gasteiger partial charge in [0, 0.05) is 38.8 Å². The fraction of sp³-hybridized carbons (Fsp3) is 0.500. The van der Waals surface area contributed by atoms with Crippen molar-refractivity contribution in [2.45, 2.75) is 77.2 Å². The third kappa shape index (κ3) is 10.3. The Morgan fingerprint density at radius 1 is 0.739 bits per heavy atom. The minimum absolute atomic E-state index is 0.100. The summed E-state index contributed by atoms with van der Waals surface area (Å²) in [4.78, 5) is 43.8. The standard InChI is InChI=1S/C24H34N18O4/c1-23(33-15(35-39-23)7-3-5-11-41-29-13-17(37-41)31-21(25)26)45-19(43)9-10-20(44)46-24(2)34-16(36-40-24)8-4-6-12-42-30-14-18(38-42)32-22(27)28/h9-10,13-14H,3-8,11-12H2,1-2H3,(H4,25,26,31,37)(H4,27,28,32,38)/b10-9+. The zero-order valence-corrected chi connectivity index (χ0v) is 25.2. The van der Waals surface area contributed by atoms with Crippen molar-refractivity contribution in [1.29, 1.82) is 0 Å². The smallest absolute Gasteiger partial charge is 0.334 e. The summed E-state index contributed by atoms with van der Waals surface area (Å²) in [5.41, 5.74) is 21.3. The van der Waals surface area contributed by atoms with E-state index in [2.05, 4.69) is 60.8 Å². The van der Waals surface area contributed by atoms with Gasteiger partial charge in [-0.3, -0.25) is 0 Å². The molecule has 4 heterocycles. The van der Waals surface area contributed by atoms with Crippen LogP contribution in [0.2, 0.25) is 0 Å². The van der Waals surface area contributed by atoms with Crippen molar-refractivity contribution < 1.29 is 19.1 Å². The molecule has 4 rings (SSSR count). The van der Waals surface area contributed by atoms with Crippen LogP contribution in [-0.4, -0.2) is 77.2 Å². The number of rotatable bonds is 16. The van der Waals surface area contributed by atoms with Crippen LogP contribution in [0.25, 0.3) is 0 Å². The summed E-state index contributed by atoms with van der Waals surface area (Å²) in [5, 5.41) is 32.3. The highest BCUT2D eigenvalue weighted by Crippen LogP contribution is 2.25. The van der Waals surface area contributed by atoms with Gasteiger partial charge in [0.1, 0.15) is 0 Å². The number of azo groups is 2. The minimum Gasteiger partial charge on any atom is -0.412 e. The number of nitrogens with two attached hydrogens (primary N) is 4. The van der Waals surface area contributed by atoms with Crippen LogP contribution in [0.4, 0.5) is 11.6 Å². The van der Waals surface area contributed by atoms with Gasteiger partial charge in [-0.15, -0.1) is 30.7 Å². The number of hydrogen-bond donors (Lipinski definition) is 4. The van der Waals surface area contributed by atoms with Crippen molar-refractivity contribution in [3.63, 3.8) is 0 Å². The molecule has 244 valence electrons. The Balaban J connectivity index is 1.14. The summed E-state index contributed by atoms with van der Waals surface area (Å²) in [6, 6.07) is 0. The lowest BCUT2D eigenvalue weighted by Crippen LogP contribution is -2.26. The summed E-state index contributed by atoms with van der Waals surface area (Å²) < 4.78 is 10.5. The number of amidine groups is 2. The Kier molecular flexibility index (Phi) is 10.5.